The van der Waals surface area contributed by atoms with Crippen molar-refractivity contribution in [1.82, 2.24) is 19.3 Å². The van der Waals surface area contributed by atoms with Gasteiger partial charge in [0, 0.05) is 32.0 Å². The molecule has 0 fully saturated rings. The molecule has 0 radical (unpaired) electrons. The molecule has 0 aromatic carbocycles. The van der Waals surface area contributed by atoms with E-state index in [1.54, 1.807) is 0 Å². The Morgan fingerprint density at radius 3 is 2.89 bits per heavy atom. The highest BCUT2D eigenvalue weighted by atomic mass is 15.3. The molecule has 0 saturated carbocycles. The molecule has 2 aromatic rings. The van der Waals surface area contributed by atoms with Gasteiger partial charge in [-0.15, -0.1) is 0 Å². The predicted molar refractivity (Wildman–Crippen MR) is 77.0 cm³/mol. The van der Waals surface area contributed by atoms with Crippen molar-refractivity contribution in [3.8, 4) is 0 Å². The zero-order chi connectivity index (χ0) is 13.7. The zero-order valence-electron chi connectivity index (χ0n) is 11.6. The van der Waals surface area contributed by atoms with Crippen molar-refractivity contribution in [3.05, 3.63) is 24.4 Å². The number of nitrogens with zero attached hydrogens (tertiary/aromatic N) is 4. The standard InChI is InChI=1S/C13H22N6/c1-3-19-13(12(14)11(2)17-19)16-6-4-5-8-18-9-7-15-10-18/h7,9-10,16H,3-6,8,14H2,1-2H3. The number of aryl methyl sites for hydroxylation is 3. The average Bonchev–Trinajstić information content (AvgIpc) is 3.01. The van der Waals surface area contributed by atoms with Crippen LogP contribution >= 0.6 is 0 Å². The van der Waals surface area contributed by atoms with Crippen molar-refractivity contribution < 1.29 is 0 Å². The van der Waals surface area contributed by atoms with Crippen LogP contribution in [0.25, 0.3) is 0 Å². The maximum Gasteiger partial charge on any atom is 0.148 e. The second-order valence-electron chi connectivity index (χ2n) is 4.60. The van der Waals surface area contributed by atoms with Gasteiger partial charge in [0.25, 0.3) is 0 Å². The highest BCUT2D eigenvalue weighted by molar-refractivity contribution is 5.64. The molecule has 6 nitrogen and oxygen atoms in total. The summed E-state index contributed by atoms with van der Waals surface area (Å²) in [5.74, 6) is 0.947. The molecule has 0 bridgehead atoms. The first-order valence-electron chi connectivity index (χ1n) is 6.75. The van der Waals surface area contributed by atoms with E-state index in [4.69, 9.17) is 5.73 Å². The topological polar surface area (TPSA) is 73.7 Å². The monoisotopic (exact) mass is 262 g/mol. The number of nitrogens with two attached hydrogens (primary N) is 1. The maximum absolute atomic E-state index is 6.01. The first-order valence-corrected chi connectivity index (χ1v) is 6.75. The normalized spacial score (nSPS) is 10.8. The summed E-state index contributed by atoms with van der Waals surface area (Å²) in [6.45, 7) is 6.74. The van der Waals surface area contributed by atoms with Gasteiger partial charge in [0.05, 0.1) is 17.7 Å². The summed E-state index contributed by atoms with van der Waals surface area (Å²) in [4.78, 5) is 4.02. The summed E-state index contributed by atoms with van der Waals surface area (Å²) in [7, 11) is 0. The van der Waals surface area contributed by atoms with E-state index >= 15 is 0 Å². The number of rotatable bonds is 7. The lowest BCUT2D eigenvalue weighted by Gasteiger charge is -2.09. The minimum atomic E-state index is 0.761. The number of nitrogen functional groups attached to an aromatic ring is 1. The highest BCUT2D eigenvalue weighted by Crippen LogP contribution is 2.21. The van der Waals surface area contributed by atoms with Crippen molar-refractivity contribution in [1.29, 1.82) is 0 Å². The summed E-state index contributed by atoms with van der Waals surface area (Å²) in [6.07, 6.45) is 7.84. The molecule has 19 heavy (non-hydrogen) atoms. The summed E-state index contributed by atoms with van der Waals surface area (Å²) in [5.41, 5.74) is 7.66. The molecule has 2 rings (SSSR count). The minimum absolute atomic E-state index is 0.761. The van der Waals surface area contributed by atoms with Gasteiger partial charge in [-0.3, -0.25) is 0 Å². The number of hydrogen-bond donors (Lipinski definition) is 2. The van der Waals surface area contributed by atoms with Crippen LogP contribution in [0.15, 0.2) is 18.7 Å². The van der Waals surface area contributed by atoms with E-state index in [1.807, 2.05) is 30.3 Å². The van der Waals surface area contributed by atoms with Crippen LogP contribution in [-0.2, 0) is 13.1 Å². The number of aromatic nitrogens is 4. The van der Waals surface area contributed by atoms with E-state index in [-0.39, 0.29) is 0 Å². The van der Waals surface area contributed by atoms with Crippen molar-refractivity contribution in [2.45, 2.75) is 39.8 Å². The number of nitrogens with one attached hydrogen (secondary N) is 1. The Balaban J connectivity index is 1.76. The van der Waals surface area contributed by atoms with Crippen LogP contribution in [-0.4, -0.2) is 25.9 Å². The van der Waals surface area contributed by atoms with Gasteiger partial charge >= 0.3 is 0 Å². The van der Waals surface area contributed by atoms with Gasteiger partial charge in [-0.2, -0.15) is 5.10 Å². The second-order valence-corrected chi connectivity index (χ2v) is 4.60. The smallest absolute Gasteiger partial charge is 0.148 e. The van der Waals surface area contributed by atoms with Gasteiger partial charge in [0.1, 0.15) is 5.82 Å². The van der Waals surface area contributed by atoms with E-state index < -0.39 is 0 Å². The van der Waals surface area contributed by atoms with Crippen LogP contribution in [0.5, 0.6) is 0 Å². The average molecular weight is 262 g/mol. The van der Waals surface area contributed by atoms with Gasteiger partial charge in [0.2, 0.25) is 0 Å². The lowest BCUT2D eigenvalue weighted by atomic mass is 10.3. The Morgan fingerprint density at radius 2 is 2.21 bits per heavy atom. The molecule has 0 aliphatic carbocycles. The lowest BCUT2D eigenvalue weighted by molar-refractivity contribution is 0.615. The first kappa shape index (κ1) is 13.5. The van der Waals surface area contributed by atoms with Crippen LogP contribution in [0.3, 0.4) is 0 Å². The third-order valence-corrected chi connectivity index (χ3v) is 3.17. The van der Waals surface area contributed by atoms with Crippen LogP contribution in [0.4, 0.5) is 11.5 Å². The predicted octanol–water partition coefficient (Wildman–Crippen LogP) is 1.88. The molecule has 0 aliphatic rings. The molecule has 0 atom stereocenters. The molecule has 3 N–H and O–H groups in total. The minimum Gasteiger partial charge on any atom is -0.394 e. The van der Waals surface area contributed by atoms with E-state index in [0.29, 0.717) is 0 Å². The molecule has 2 heterocycles. The maximum atomic E-state index is 6.01. The van der Waals surface area contributed by atoms with E-state index in [2.05, 4.69) is 26.9 Å². The van der Waals surface area contributed by atoms with Gasteiger partial charge in [-0.25, -0.2) is 9.67 Å². The molecule has 0 saturated heterocycles. The van der Waals surface area contributed by atoms with Gasteiger partial charge < -0.3 is 15.6 Å². The largest absolute Gasteiger partial charge is 0.394 e. The molecule has 0 aliphatic heterocycles. The molecular formula is C13H22N6. The summed E-state index contributed by atoms with van der Waals surface area (Å²) in [5, 5.41) is 7.77. The van der Waals surface area contributed by atoms with Crippen LogP contribution in [0.2, 0.25) is 0 Å². The van der Waals surface area contributed by atoms with Crippen molar-refractivity contribution in [3.63, 3.8) is 0 Å². The van der Waals surface area contributed by atoms with Crippen LogP contribution in [0, 0.1) is 6.92 Å². The Morgan fingerprint density at radius 1 is 1.37 bits per heavy atom. The Labute approximate surface area is 113 Å². The Hall–Kier alpha value is -1.98. The summed E-state index contributed by atoms with van der Waals surface area (Å²) >= 11 is 0. The number of hydrogen-bond acceptors (Lipinski definition) is 4. The molecule has 104 valence electrons. The molecule has 6 heteroatoms. The third kappa shape index (κ3) is 3.27. The second kappa shape index (κ2) is 6.26. The van der Waals surface area contributed by atoms with E-state index in [0.717, 1.165) is 49.7 Å². The molecule has 0 spiro atoms. The number of anilines is 2. The summed E-state index contributed by atoms with van der Waals surface area (Å²) < 4.78 is 4.01. The number of imidazole rings is 1. The van der Waals surface area contributed by atoms with Crippen molar-refractivity contribution in [2.24, 2.45) is 0 Å². The Kier molecular flexibility index (Phi) is 4.43. The van der Waals surface area contributed by atoms with Gasteiger partial charge in [-0.1, -0.05) is 0 Å². The first-order chi connectivity index (χ1) is 9.22. The fourth-order valence-electron chi connectivity index (χ4n) is 2.06. The molecular weight excluding hydrogens is 240 g/mol. The SMILES string of the molecule is CCn1nc(C)c(N)c1NCCCCn1ccnc1. The summed E-state index contributed by atoms with van der Waals surface area (Å²) in [6, 6.07) is 0. The lowest BCUT2D eigenvalue weighted by Crippen LogP contribution is -2.10. The van der Waals surface area contributed by atoms with E-state index in [1.165, 1.54) is 0 Å². The zero-order valence-corrected chi connectivity index (χ0v) is 11.6. The third-order valence-electron chi connectivity index (χ3n) is 3.17. The van der Waals surface area contributed by atoms with Crippen molar-refractivity contribution >= 4 is 11.5 Å². The number of unbranched alkanes of at least 4 members (excludes halogenated alkanes) is 1. The fourth-order valence-corrected chi connectivity index (χ4v) is 2.06. The molecule has 0 unspecified atom stereocenters. The van der Waals surface area contributed by atoms with Crippen LogP contribution in [0.1, 0.15) is 25.5 Å². The highest BCUT2D eigenvalue weighted by Gasteiger charge is 2.10. The molecule has 2 aromatic heterocycles. The van der Waals surface area contributed by atoms with Gasteiger partial charge in [-0.05, 0) is 26.7 Å². The fraction of sp³-hybridized carbons (Fsp3) is 0.538. The Bertz CT molecular complexity index is 499. The van der Waals surface area contributed by atoms with E-state index in [9.17, 15) is 0 Å². The van der Waals surface area contributed by atoms with Crippen LogP contribution < -0.4 is 11.1 Å². The molecule has 0 amide bonds. The van der Waals surface area contributed by atoms with Crippen molar-refractivity contribution in [2.75, 3.05) is 17.6 Å². The van der Waals surface area contributed by atoms with Gasteiger partial charge in [0.15, 0.2) is 0 Å². The quantitative estimate of drug-likeness (QED) is 0.747.